The van der Waals surface area contributed by atoms with Gasteiger partial charge in [0.05, 0.1) is 11.9 Å². The summed E-state index contributed by atoms with van der Waals surface area (Å²) in [7, 11) is 0. The van der Waals surface area contributed by atoms with Gasteiger partial charge in [0.1, 0.15) is 23.1 Å². The van der Waals surface area contributed by atoms with E-state index in [1.807, 2.05) is 0 Å². The molecule has 4 rings (SSSR count). The van der Waals surface area contributed by atoms with Gasteiger partial charge in [0.2, 0.25) is 5.95 Å². The summed E-state index contributed by atoms with van der Waals surface area (Å²) in [4.78, 5) is 7.95. The Balaban J connectivity index is 1.93. The first-order chi connectivity index (χ1) is 12.2. The predicted octanol–water partition coefficient (Wildman–Crippen LogP) is 3.65. The Labute approximate surface area is 144 Å². The third-order valence-corrected chi connectivity index (χ3v) is 3.98. The second-order valence-corrected chi connectivity index (χ2v) is 5.62. The molecule has 0 bridgehead atoms. The fourth-order valence-electron chi connectivity index (χ4n) is 2.55. The minimum absolute atomic E-state index is 0.0772. The summed E-state index contributed by atoms with van der Waals surface area (Å²) in [5.41, 5.74) is 2.83. The number of nitrogens with zero attached hydrogens (tertiary/aromatic N) is 6. The van der Waals surface area contributed by atoms with Gasteiger partial charge in [-0.25, -0.2) is 9.97 Å². The van der Waals surface area contributed by atoms with Gasteiger partial charge in [-0.3, -0.25) is 4.40 Å². The van der Waals surface area contributed by atoms with Crippen LogP contribution in [0.1, 0.15) is 5.69 Å². The zero-order chi connectivity index (χ0) is 17.4. The van der Waals surface area contributed by atoms with Crippen molar-refractivity contribution in [2.75, 3.05) is 0 Å². The van der Waals surface area contributed by atoms with Crippen LogP contribution in [-0.2, 0) is 0 Å². The lowest BCUT2D eigenvalue weighted by molar-refractivity contribution is 0.585. The molecule has 0 saturated heterocycles. The number of halogens is 2. The van der Waals surface area contributed by atoms with E-state index in [-0.39, 0.29) is 18.0 Å². The molecule has 4 heterocycles. The second kappa shape index (κ2) is 5.99. The smallest absolute Gasteiger partial charge is 0.213 e. The van der Waals surface area contributed by atoms with Gasteiger partial charge in [-0.15, -0.1) is 3.89 Å². The normalized spacial score (nSPS) is 10.9. The molecule has 4 aromatic heterocycles. The Bertz CT molecular complexity index is 1130. The van der Waals surface area contributed by atoms with Crippen LogP contribution >= 0.6 is 12.3 Å². The summed E-state index contributed by atoms with van der Waals surface area (Å²) in [5, 5.41) is 13.3. The molecule has 9 heteroatoms. The van der Waals surface area contributed by atoms with E-state index >= 15 is 0 Å². The fourth-order valence-corrected chi connectivity index (χ4v) is 2.81. The van der Waals surface area contributed by atoms with E-state index in [2.05, 4.69) is 21.1 Å². The molecule has 0 saturated carbocycles. The molecule has 6 nitrogen and oxygen atoms in total. The largest absolute Gasteiger partial charge is 0.291 e. The van der Waals surface area contributed by atoms with E-state index in [0.29, 0.717) is 28.2 Å². The molecule has 25 heavy (non-hydrogen) atoms. The molecule has 4 aromatic rings. The minimum atomic E-state index is -0.650. The van der Waals surface area contributed by atoms with Crippen molar-refractivity contribution in [3.63, 3.8) is 0 Å². The van der Waals surface area contributed by atoms with Crippen molar-refractivity contribution in [2.24, 2.45) is 0 Å². The molecule has 0 fully saturated rings. The van der Waals surface area contributed by atoms with Crippen molar-refractivity contribution in [3.05, 3.63) is 60.6 Å². The predicted molar refractivity (Wildman–Crippen MR) is 88.4 cm³/mol. The van der Waals surface area contributed by atoms with E-state index in [1.54, 1.807) is 28.8 Å². The van der Waals surface area contributed by atoms with Crippen LogP contribution < -0.4 is 0 Å². The molecule has 0 spiro atoms. The lowest BCUT2D eigenvalue weighted by Crippen LogP contribution is -1.92. The van der Waals surface area contributed by atoms with Crippen molar-refractivity contribution in [2.45, 2.75) is 0 Å². The molecule has 0 unspecified atom stereocenters. The van der Waals surface area contributed by atoms with Gasteiger partial charge in [0, 0.05) is 23.5 Å². The van der Waals surface area contributed by atoms with E-state index < -0.39 is 5.95 Å². The molecule has 0 aliphatic rings. The SMILES string of the molecule is N#Cc1cnc2ccc(-c3cn(SF)nc3-c3cccc(F)n3)cn12. The van der Waals surface area contributed by atoms with Gasteiger partial charge in [-0.2, -0.15) is 18.8 Å². The highest BCUT2D eigenvalue weighted by Crippen LogP contribution is 2.32. The van der Waals surface area contributed by atoms with Crippen LogP contribution in [0.15, 0.2) is 48.9 Å². The standard InChI is InChI=1S/C16H8F2N6S/c17-14-3-1-2-13(21-14)16-12(9-24(22-16)25-18)10-4-5-15-20-7-11(6-19)23(15)8-10/h1-5,7-9H. The third kappa shape index (κ3) is 2.62. The van der Waals surface area contributed by atoms with Gasteiger partial charge >= 0.3 is 0 Å². The molecule has 0 aliphatic heterocycles. The van der Waals surface area contributed by atoms with Crippen LogP contribution in [0.5, 0.6) is 0 Å². The van der Waals surface area contributed by atoms with Crippen LogP contribution in [0.2, 0.25) is 0 Å². The average Bonchev–Trinajstić information content (AvgIpc) is 3.25. The topological polar surface area (TPSA) is 71.8 Å². The monoisotopic (exact) mass is 354 g/mol. The number of hydrogen-bond acceptors (Lipinski definition) is 5. The van der Waals surface area contributed by atoms with E-state index in [0.717, 1.165) is 4.09 Å². The summed E-state index contributed by atoms with van der Waals surface area (Å²) < 4.78 is 29.1. The summed E-state index contributed by atoms with van der Waals surface area (Å²) in [6.07, 6.45) is 4.65. The minimum Gasteiger partial charge on any atom is -0.291 e. The highest BCUT2D eigenvalue weighted by molar-refractivity contribution is 7.92. The molecular weight excluding hydrogens is 346 g/mol. The maximum Gasteiger partial charge on any atom is 0.213 e. The number of nitriles is 1. The summed E-state index contributed by atoms with van der Waals surface area (Å²) in [6, 6.07) is 9.89. The summed E-state index contributed by atoms with van der Waals surface area (Å²) in [5.74, 6) is -0.650. The zero-order valence-corrected chi connectivity index (χ0v) is 13.3. The summed E-state index contributed by atoms with van der Waals surface area (Å²) in [6.45, 7) is 0. The van der Waals surface area contributed by atoms with Crippen LogP contribution in [0.25, 0.3) is 28.2 Å². The molecule has 0 aromatic carbocycles. The number of pyridine rings is 2. The lowest BCUT2D eigenvalue weighted by atomic mass is 10.1. The van der Waals surface area contributed by atoms with E-state index in [4.69, 9.17) is 5.26 Å². The van der Waals surface area contributed by atoms with Gasteiger partial charge < -0.3 is 0 Å². The number of aromatic nitrogens is 5. The molecule has 122 valence electrons. The summed E-state index contributed by atoms with van der Waals surface area (Å²) >= 11 is -0.0772. The van der Waals surface area contributed by atoms with Crippen molar-refractivity contribution < 1.29 is 8.28 Å². The lowest BCUT2D eigenvalue weighted by Gasteiger charge is -2.04. The van der Waals surface area contributed by atoms with E-state index in [9.17, 15) is 8.28 Å². The van der Waals surface area contributed by atoms with Crippen LogP contribution in [0, 0.1) is 17.3 Å². The van der Waals surface area contributed by atoms with Gasteiger partial charge in [-0.1, -0.05) is 6.07 Å². The van der Waals surface area contributed by atoms with Gasteiger partial charge in [0.15, 0.2) is 12.3 Å². The number of imidazole rings is 1. The van der Waals surface area contributed by atoms with Crippen LogP contribution in [0.4, 0.5) is 8.28 Å². The molecule has 0 radical (unpaired) electrons. The second-order valence-electron chi connectivity index (χ2n) is 5.11. The molecule has 0 amide bonds. The molecule has 0 aliphatic carbocycles. The average molecular weight is 354 g/mol. The molecular formula is C16H8F2N6S. The van der Waals surface area contributed by atoms with Gasteiger partial charge in [0.25, 0.3) is 0 Å². The Hall–Kier alpha value is -3.25. The number of fused-ring (bicyclic) bond motifs is 1. The van der Waals surface area contributed by atoms with Crippen molar-refractivity contribution >= 4 is 18.0 Å². The van der Waals surface area contributed by atoms with Gasteiger partial charge in [-0.05, 0) is 24.3 Å². The highest BCUT2D eigenvalue weighted by atomic mass is 32.2. The third-order valence-electron chi connectivity index (χ3n) is 3.65. The van der Waals surface area contributed by atoms with Crippen molar-refractivity contribution in [1.29, 1.82) is 5.26 Å². The van der Waals surface area contributed by atoms with Crippen molar-refractivity contribution in [3.8, 4) is 28.6 Å². The highest BCUT2D eigenvalue weighted by Gasteiger charge is 2.16. The Morgan fingerprint density at radius 3 is 2.80 bits per heavy atom. The zero-order valence-electron chi connectivity index (χ0n) is 12.5. The maximum absolute atomic E-state index is 13.5. The number of rotatable bonds is 3. The van der Waals surface area contributed by atoms with E-state index in [1.165, 1.54) is 24.5 Å². The van der Waals surface area contributed by atoms with Crippen LogP contribution in [0.3, 0.4) is 0 Å². The Kier molecular flexibility index (Phi) is 3.66. The molecule has 0 atom stereocenters. The quantitative estimate of drug-likeness (QED) is 0.525. The first kappa shape index (κ1) is 15.3. The van der Waals surface area contributed by atoms with Crippen LogP contribution in [-0.4, -0.2) is 23.6 Å². The maximum atomic E-state index is 13.5. The Morgan fingerprint density at radius 1 is 1.16 bits per heavy atom. The number of hydrogen-bond donors (Lipinski definition) is 0. The molecule has 0 N–H and O–H groups in total. The fraction of sp³-hybridized carbons (Fsp3) is 0. The first-order valence-corrected chi connectivity index (χ1v) is 7.76. The Morgan fingerprint density at radius 2 is 2.04 bits per heavy atom. The first-order valence-electron chi connectivity index (χ1n) is 7.09. The van der Waals surface area contributed by atoms with Crippen molar-refractivity contribution in [1.82, 2.24) is 23.6 Å².